The molecule has 5 heteroatoms. The number of carbonyl (C=O) groups is 1. The Labute approximate surface area is 99.4 Å². The van der Waals surface area contributed by atoms with E-state index in [-0.39, 0.29) is 18.7 Å². The first-order valence-corrected chi connectivity index (χ1v) is 5.26. The molecule has 17 heavy (non-hydrogen) atoms. The molecule has 0 spiro atoms. The zero-order valence-corrected chi connectivity index (χ0v) is 9.61. The lowest BCUT2D eigenvalue weighted by molar-refractivity contribution is -0.119. The topological polar surface area (TPSA) is 70.1 Å². The number of nitriles is 1. The van der Waals surface area contributed by atoms with Crippen molar-refractivity contribution >= 4 is 5.91 Å². The second-order valence-corrected chi connectivity index (χ2v) is 3.66. The summed E-state index contributed by atoms with van der Waals surface area (Å²) in [6.07, 6.45) is 0. The lowest BCUT2D eigenvalue weighted by Gasteiger charge is -2.18. The fourth-order valence-electron chi connectivity index (χ4n) is 1.53. The van der Waals surface area contributed by atoms with Gasteiger partial charge in [-0.05, 0) is 12.6 Å². The molecule has 2 N–H and O–H groups in total. The van der Waals surface area contributed by atoms with Crippen LogP contribution in [0, 0.1) is 17.1 Å². The van der Waals surface area contributed by atoms with Gasteiger partial charge < -0.3 is 5.73 Å². The van der Waals surface area contributed by atoms with Crippen LogP contribution >= 0.6 is 0 Å². The average Bonchev–Trinajstić information content (AvgIpc) is 2.30. The fourth-order valence-corrected chi connectivity index (χ4v) is 1.53. The highest BCUT2D eigenvalue weighted by molar-refractivity contribution is 5.75. The molecule has 0 aliphatic carbocycles. The number of halogens is 1. The fraction of sp³-hybridized carbons (Fsp3) is 0.333. The number of rotatable bonds is 5. The summed E-state index contributed by atoms with van der Waals surface area (Å²) in [6, 6.07) is 6.42. The molecule has 0 aliphatic heterocycles. The van der Waals surface area contributed by atoms with Crippen LogP contribution in [0.1, 0.15) is 18.1 Å². The van der Waals surface area contributed by atoms with Gasteiger partial charge in [0, 0.05) is 12.1 Å². The highest BCUT2D eigenvalue weighted by atomic mass is 19.1. The van der Waals surface area contributed by atoms with E-state index in [1.807, 2.05) is 6.92 Å². The molecule has 1 aromatic carbocycles. The van der Waals surface area contributed by atoms with Gasteiger partial charge in [-0.2, -0.15) is 5.26 Å². The van der Waals surface area contributed by atoms with Crippen molar-refractivity contribution in [1.29, 1.82) is 5.26 Å². The van der Waals surface area contributed by atoms with Crippen LogP contribution in [0.2, 0.25) is 0 Å². The Bertz CT molecular complexity index is 454. The number of primary amides is 1. The lowest BCUT2D eigenvalue weighted by atomic mass is 10.1. The maximum Gasteiger partial charge on any atom is 0.231 e. The molecule has 0 fully saturated rings. The Morgan fingerprint density at radius 1 is 1.59 bits per heavy atom. The molecular weight excluding hydrogens is 221 g/mol. The molecule has 0 aromatic heterocycles. The third-order valence-corrected chi connectivity index (χ3v) is 2.42. The number of nitrogens with two attached hydrogens (primary N) is 1. The maximum absolute atomic E-state index is 13.7. The summed E-state index contributed by atoms with van der Waals surface area (Å²) in [7, 11) is 0. The standard InChI is InChI=1S/C12H14FN3O/c1-2-16(8-11(15)17)7-10-5-3-4-9(6-14)12(10)13/h3-5H,2,7-8H2,1H3,(H2,15,17). The highest BCUT2D eigenvalue weighted by Crippen LogP contribution is 2.14. The van der Waals surface area contributed by atoms with E-state index in [0.717, 1.165) is 0 Å². The van der Waals surface area contributed by atoms with Crippen molar-refractivity contribution in [3.8, 4) is 6.07 Å². The third kappa shape index (κ3) is 3.54. The summed E-state index contributed by atoms with van der Waals surface area (Å²) < 4.78 is 13.7. The van der Waals surface area contributed by atoms with Gasteiger partial charge in [0.25, 0.3) is 0 Å². The zero-order chi connectivity index (χ0) is 12.8. The van der Waals surface area contributed by atoms with Crippen molar-refractivity contribution in [3.63, 3.8) is 0 Å². The first kappa shape index (κ1) is 13.1. The van der Waals surface area contributed by atoms with Gasteiger partial charge in [0.2, 0.25) is 5.91 Å². The first-order valence-electron chi connectivity index (χ1n) is 5.26. The summed E-state index contributed by atoms with van der Waals surface area (Å²) >= 11 is 0. The number of carbonyl (C=O) groups excluding carboxylic acids is 1. The van der Waals surface area contributed by atoms with E-state index >= 15 is 0 Å². The van der Waals surface area contributed by atoms with Crippen molar-refractivity contribution in [2.75, 3.05) is 13.1 Å². The van der Waals surface area contributed by atoms with Gasteiger partial charge in [-0.3, -0.25) is 9.69 Å². The van der Waals surface area contributed by atoms with Crippen molar-refractivity contribution in [3.05, 3.63) is 35.1 Å². The smallest absolute Gasteiger partial charge is 0.231 e. The van der Waals surface area contributed by atoms with Crippen LogP contribution in [0.5, 0.6) is 0 Å². The van der Waals surface area contributed by atoms with E-state index in [9.17, 15) is 9.18 Å². The van der Waals surface area contributed by atoms with Crippen molar-refractivity contribution < 1.29 is 9.18 Å². The molecule has 0 saturated carbocycles. The highest BCUT2D eigenvalue weighted by Gasteiger charge is 2.12. The first-order chi connectivity index (χ1) is 8.08. The van der Waals surface area contributed by atoms with Crippen molar-refractivity contribution in [1.82, 2.24) is 4.90 Å². The predicted octanol–water partition coefficient (Wildman–Crippen LogP) is 1.00. The van der Waals surface area contributed by atoms with E-state index in [0.29, 0.717) is 12.1 Å². The number of benzene rings is 1. The van der Waals surface area contributed by atoms with Gasteiger partial charge in [0.05, 0.1) is 12.1 Å². The van der Waals surface area contributed by atoms with Gasteiger partial charge >= 0.3 is 0 Å². The van der Waals surface area contributed by atoms with Crippen molar-refractivity contribution in [2.45, 2.75) is 13.5 Å². The Morgan fingerprint density at radius 3 is 2.82 bits per heavy atom. The molecule has 0 radical (unpaired) electrons. The van der Waals surface area contributed by atoms with Crippen LogP contribution in [-0.2, 0) is 11.3 Å². The van der Waals surface area contributed by atoms with Crippen molar-refractivity contribution in [2.24, 2.45) is 5.73 Å². The molecule has 90 valence electrons. The number of likely N-dealkylation sites (N-methyl/N-ethyl adjacent to an activating group) is 1. The molecule has 0 aliphatic rings. The van der Waals surface area contributed by atoms with E-state index in [4.69, 9.17) is 11.0 Å². The Kier molecular flexibility index (Phi) is 4.61. The number of hydrogen-bond donors (Lipinski definition) is 1. The minimum Gasteiger partial charge on any atom is -0.369 e. The quantitative estimate of drug-likeness (QED) is 0.827. The van der Waals surface area contributed by atoms with Crippen LogP contribution in [0.15, 0.2) is 18.2 Å². The lowest BCUT2D eigenvalue weighted by Crippen LogP contribution is -2.33. The Balaban J connectivity index is 2.87. The van der Waals surface area contributed by atoms with Crippen LogP contribution in [0.25, 0.3) is 0 Å². The minimum absolute atomic E-state index is 0.0117. The van der Waals surface area contributed by atoms with Gasteiger partial charge in [-0.25, -0.2) is 4.39 Å². The molecule has 0 bridgehead atoms. The monoisotopic (exact) mass is 235 g/mol. The van der Waals surface area contributed by atoms with E-state index < -0.39 is 11.7 Å². The molecule has 0 saturated heterocycles. The molecule has 4 nitrogen and oxygen atoms in total. The van der Waals surface area contributed by atoms with E-state index in [1.165, 1.54) is 6.07 Å². The summed E-state index contributed by atoms with van der Waals surface area (Å²) in [5.41, 5.74) is 5.50. The molecule has 1 amide bonds. The Hall–Kier alpha value is -1.93. The zero-order valence-electron chi connectivity index (χ0n) is 9.61. The van der Waals surface area contributed by atoms with E-state index in [1.54, 1.807) is 23.1 Å². The molecule has 1 aromatic rings. The van der Waals surface area contributed by atoms with Crippen LogP contribution in [0.3, 0.4) is 0 Å². The summed E-state index contributed by atoms with van der Waals surface area (Å²) in [5.74, 6) is -0.985. The second-order valence-electron chi connectivity index (χ2n) is 3.66. The van der Waals surface area contributed by atoms with E-state index in [2.05, 4.69) is 0 Å². The van der Waals surface area contributed by atoms with Gasteiger partial charge in [-0.15, -0.1) is 0 Å². The summed E-state index contributed by atoms with van der Waals surface area (Å²) in [5, 5.41) is 8.70. The Morgan fingerprint density at radius 2 is 2.29 bits per heavy atom. The summed E-state index contributed by atoms with van der Waals surface area (Å²) in [4.78, 5) is 12.5. The number of nitrogens with zero attached hydrogens (tertiary/aromatic N) is 2. The van der Waals surface area contributed by atoms with Crippen LogP contribution < -0.4 is 5.73 Å². The van der Waals surface area contributed by atoms with Gasteiger partial charge in [-0.1, -0.05) is 19.1 Å². The normalized spacial score (nSPS) is 10.2. The largest absolute Gasteiger partial charge is 0.369 e. The van der Waals surface area contributed by atoms with Gasteiger partial charge in [0.1, 0.15) is 11.9 Å². The molecule has 0 atom stereocenters. The maximum atomic E-state index is 13.7. The minimum atomic E-state index is -0.530. The van der Waals surface area contributed by atoms with Gasteiger partial charge in [0.15, 0.2) is 0 Å². The predicted molar refractivity (Wildman–Crippen MR) is 61.3 cm³/mol. The third-order valence-electron chi connectivity index (χ3n) is 2.42. The average molecular weight is 235 g/mol. The SMILES string of the molecule is CCN(CC(N)=O)Cc1cccc(C#N)c1F. The molecule has 0 heterocycles. The van der Waals surface area contributed by atoms with Crippen LogP contribution in [-0.4, -0.2) is 23.9 Å². The molecule has 0 unspecified atom stereocenters. The molecule has 1 rings (SSSR count). The number of amides is 1. The number of hydrogen-bond acceptors (Lipinski definition) is 3. The second kappa shape index (κ2) is 5.97. The molecular formula is C12H14FN3O. The summed E-state index contributed by atoms with van der Waals surface area (Å²) in [6.45, 7) is 2.78. The van der Waals surface area contributed by atoms with Crippen LogP contribution in [0.4, 0.5) is 4.39 Å².